The van der Waals surface area contributed by atoms with Gasteiger partial charge in [0.25, 0.3) is 11.7 Å². The van der Waals surface area contributed by atoms with Gasteiger partial charge in [0.1, 0.15) is 17.9 Å². The molecule has 0 spiro atoms. The molecule has 1 aliphatic carbocycles. The molecule has 2 bridgehead atoms. The summed E-state index contributed by atoms with van der Waals surface area (Å²) in [4.78, 5) is 87.0. The lowest BCUT2D eigenvalue weighted by molar-refractivity contribution is -0.686. The number of ether oxygens (including phenoxy) is 6. The second-order valence-corrected chi connectivity index (χ2v) is 21.6. The fourth-order valence-corrected chi connectivity index (χ4v) is 11.1. The molecule has 2 N–H and O–H groups in total. The van der Waals surface area contributed by atoms with Crippen LogP contribution < -0.4 is 21.5 Å². The lowest BCUT2D eigenvalue weighted by atomic mass is 9.78. The number of carbonyl (C=O) groups excluding carboxylic acids is 6. The number of pyridine rings is 1. The number of hydrogen-bond donors (Lipinski definition) is 2. The van der Waals surface area contributed by atoms with Crippen LogP contribution in [-0.4, -0.2) is 133 Å². The van der Waals surface area contributed by atoms with Crippen LogP contribution in [0.1, 0.15) is 126 Å². The van der Waals surface area contributed by atoms with Gasteiger partial charge in [0, 0.05) is 70.6 Å². The molecule has 5 rings (SSSR count). The molecule has 0 radical (unpaired) electrons. The van der Waals surface area contributed by atoms with E-state index in [9.17, 15) is 39.0 Å². The molecule has 0 aromatic carbocycles. The average Bonchev–Trinajstić information content (AvgIpc) is 3.38. The summed E-state index contributed by atoms with van der Waals surface area (Å²) in [5.74, 6) is -8.99. The van der Waals surface area contributed by atoms with Crippen molar-refractivity contribution in [2.75, 3.05) is 27.9 Å². The number of cyclic esters (lactones) is 1. The van der Waals surface area contributed by atoms with E-state index >= 15 is 0 Å². The molecule has 4 heterocycles. The summed E-state index contributed by atoms with van der Waals surface area (Å²) in [7, 11) is 4.53. The Morgan fingerprint density at radius 2 is 1.57 bits per heavy atom. The molecule has 0 unspecified atom stereocenters. The van der Waals surface area contributed by atoms with Gasteiger partial charge in [-0.1, -0.05) is 77.1 Å². The first kappa shape index (κ1) is 63.3. The van der Waals surface area contributed by atoms with Crippen LogP contribution in [0.2, 0.25) is 0 Å². The highest BCUT2D eigenvalue weighted by Gasteiger charge is 2.53. The predicted molar refractivity (Wildman–Crippen MR) is 276 cm³/mol. The highest BCUT2D eigenvalue weighted by atomic mass is 79.9. The Bertz CT molecular complexity index is 2200. The quantitative estimate of drug-likeness (QED) is 0.157. The van der Waals surface area contributed by atoms with Crippen LogP contribution in [0, 0.1) is 35.5 Å². The van der Waals surface area contributed by atoms with Gasteiger partial charge in [0.2, 0.25) is 12.3 Å². The number of nitrogens with zero attached hydrogens (tertiary/aromatic N) is 2. The second-order valence-electron chi connectivity index (χ2n) is 21.6. The van der Waals surface area contributed by atoms with Crippen molar-refractivity contribution in [2.24, 2.45) is 35.5 Å². The Balaban J connectivity index is 0.0000122. The van der Waals surface area contributed by atoms with Gasteiger partial charge in [-0.05, 0) is 107 Å². The van der Waals surface area contributed by atoms with Crippen molar-refractivity contribution < 1.29 is 89.0 Å². The third-order valence-corrected chi connectivity index (χ3v) is 15.8. The molecular formula is C58H85BrN2O14. The van der Waals surface area contributed by atoms with Crippen LogP contribution in [0.5, 0.6) is 0 Å². The number of allylic oxidation sites excluding steroid dienone is 6. The van der Waals surface area contributed by atoms with Gasteiger partial charge < -0.3 is 60.5 Å². The normalized spacial score (nSPS) is 36.3. The number of fused-ring (bicyclic) bond motifs is 3. The maximum absolute atomic E-state index is 14.6. The van der Waals surface area contributed by atoms with Crippen molar-refractivity contribution >= 4 is 35.2 Å². The minimum Gasteiger partial charge on any atom is -1.00 e. The van der Waals surface area contributed by atoms with Crippen molar-refractivity contribution in [3.63, 3.8) is 0 Å². The first-order chi connectivity index (χ1) is 35.2. The number of ketones is 3. The smallest absolute Gasteiger partial charge is 0.373 e. The molecule has 3 aliphatic heterocycles. The summed E-state index contributed by atoms with van der Waals surface area (Å²) in [5, 5.41) is 22.6. The van der Waals surface area contributed by atoms with E-state index in [4.69, 9.17) is 28.4 Å². The Morgan fingerprint density at radius 1 is 0.853 bits per heavy atom. The van der Waals surface area contributed by atoms with Gasteiger partial charge in [0.15, 0.2) is 30.4 Å². The van der Waals surface area contributed by atoms with E-state index in [1.807, 2.05) is 64.1 Å². The first-order valence-electron chi connectivity index (χ1n) is 26.8. The lowest BCUT2D eigenvalue weighted by Crippen LogP contribution is -3.00. The number of aliphatic hydroxyl groups excluding tert-OH is 1. The van der Waals surface area contributed by atoms with Crippen molar-refractivity contribution in [3.8, 4) is 0 Å². The number of methoxy groups -OCH3 is 3. The van der Waals surface area contributed by atoms with E-state index in [2.05, 4.69) is 0 Å². The lowest BCUT2D eigenvalue weighted by Gasteiger charge is -2.42. The topological polar surface area (TPSA) is 205 Å². The van der Waals surface area contributed by atoms with Gasteiger partial charge >= 0.3 is 11.9 Å². The van der Waals surface area contributed by atoms with E-state index in [1.54, 1.807) is 70.2 Å². The number of piperidine rings is 1. The zero-order valence-electron chi connectivity index (χ0n) is 45.9. The monoisotopic (exact) mass is 1110 g/mol. The Hall–Kier alpha value is -4.23. The molecule has 2 saturated heterocycles. The molecular weight excluding hydrogens is 1030 g/mol. The maximum Gasteiger partial charge on any atom is 0.373 e. The minimum absolute atomic E-state index is 0. The SMILES string of the molecule is CO[C@H]1C[C@@H]2CC[C@@H](C)[C@@](O)(O2)C(=O)C(=O)N2CCCC[C@H]2C(=O)O[C@H]([C@H](C)C[C@@H]2CC[C@@H](O)[C@H](OC)C2)CC(=O)[C@H](C)/C=C(\C)[C@@H](OC(=O)C[n+]2ccccc2)[C@@H](OC)C(=O)[C@H](C)C[C@H](C)/C=C/C=C/C=C/1C.[Br-]. The third kappa shape index (κ3) is 17.4. The van der Waals surface area contributed by atoms with E-state index in [1.165, 1.54) is 12.0 Å². The third-order valence-electron chi connectivity index (χ3n) is 15.8. The number of esters is 2. The summed E-state index contributed by atoms with van der Waals surface area (Å²) < 4.78 is 37.6. The number of hydrogen-bond acceptors (Lipinski definition) is 14. The van der Waals surface area contributed by atoms with Gasteiger partial charge in [0.05, 0.1) is 24.4 Å². The Kier molecular flexibility index (Phi) is 25.4. The summed E-state index contributed by atoms with van der Waals surface area (Å²) >= 11 is 0. The first-order valence-corrected chi connectivity index (χ1v) is 26.8. The van der Waals surface area contributed by atoms with Crippen LogP contribution >= 0.6 is 0 Å². The highest BCUT2D eigenvalue weighted by molar-refractivity contribution is 6.39. The molecule has 1 amide bonds. The van der Waals surface area contributed by atoms with Crippen molar-refractivity contribution in [2.45, 2.75) is 187 Å². The van der Waals surface area contributed by atoms with E-state index < -0.39 is 89.8 Å². The molecule has 75 heavy (non-hydrogen) atoms. The Morgan fingerprint density at radius 3 is 2.25 bits per heavy atom. The van der Waals surface area contributed by atoms with Gasteiger partial charge in [-0.3, -0.25) is 19.2 Å². The number of halogens is 1. The zero-order chi connectivity index (χ0) is 54.3. The van der Waals surface area contributed by atoms with Crippen LogP contribution in [0.3, 0.4) is 0 Å². The maximum atomic E-state index is 14.6. The average molecular weight is 1110 g/mol. The molecule has 1 aromatic rings. The molecule has 418 valence electrons. The second kappa shape index (κ2) is 30.1. The minimum atomic E-state index is -2.45. The van der Waals surface area contributed by atoms with Crippen LogP contribution in [-0.2, 0) is 63.7 Å². The summed E-state index contributed by atoms with van der Waals surface area (Å²) in [5.41, 5.74) is 1.29. The molecule has 3 fully saturated rings. The van der Waals surface area contributed by atoms with Crippen LogP contribution in [0.4, 0.5) is 0 Å². The van der Waals surface area contributed by atoms with Crippen LogP contribution in [0.15, 0.2) is 78.2 Å². The molecule has 1 aromatic heterocycles. The fourth-order valence-electron chi connectivity index (χ4n) is 11.1. The molecule has 16 nitrogen and oxygen atoms in total. The summed E-state index contributed by atoms with van der Waals surface area (Å²) in [6.45, 7) is 12.6. The van der Waals surface area contributed by atoms with Crippen molar-refractivity contribution in [3.05, 3.63) is 78.2 Å². The number of amides is 1. The standard InChI is InChI=1S/C58H85N2O14.BrH/c1-36-19-13-11-14-20-37(2)48(69-8)33-44-24-22-42(7)58(68,74-44)55(65)56(66)60-28-18-15-21-45(60)57(67)72-49(39(4)31-43-23-25-46(61)50(32-43)70-9)34-47(62)38(3)30-41(6)53(54(71-10)52(64)40(5)29-36)73-51(63)35-59-26-16-12-17-27-59;/h11-14,16-17,19-20,26-27,30,36,38-40,42-46,48-50,53-54,61,68H,15,18,21-25,28-29,31-35H2,1-10H3;1H/q+1;/p-1/b14-11+,19-13+,37-20+,41-30+;/t36-,38-,39-,40-,42-,43+,44+,45+,46-,48+,49+,50-,53-,54+,58-;/m1./s1. The molecule has 15 atom stereocenters. The largest absolute Gasteiger partial charge is 1.00 e. The van der Waals surface area contributed by atoms with E-state index in [-0.39, 0.29) is 78.3 Å². The summed E-state index contributed by atoms with van der Waals surface area (Å²) in [6, 6.07) is 4.22. The van der Waals surface area contributed by atoms with Crippen LogP contribution in [0.25, 0.3) is 0 Å². The summed E-state index contributed by atoms with van der Waals surface area (Å²) in [6.07, 6.45) is 14.3. The predicted octanol–water partition coefficient (Wildman–Crippen LogP) is 3.72. The number of rotatable bonds is 9. The van der Waals surface area contributed by atoms with E-state index in [0.717, 1.165) is 5.57 Å². The van der Waals surface area contributed by atoms with Crippen molar-refractivity contribution in [1.29, 1.82) is 0 Å². The van der Waals surface area contributed by atoms with E-state index in [0.29, 0.717) is 69.8 Å². The molecule has 4 aliphatic rings. The number of carbonyl (C=O) groups is 6. The number of Topliss-reactive ketones (excluding diaryl/α,β-unsaturated/α-hetero) is 3. The van der Waals surface area contributed by atoms with Gasteiger partial charge in [-0.2, -0.15) is 4.57 Å². The fraction of sp³-hybridized carbons (Fsp3) is 0.672. The Labute approximate surface area is 455 Å². The number of aromatic nitrogens is 1. The molecule has 1 saturated carbocycles. The number of aliphatic hydroxyl groups is 2. The van der Waals surface area contributed by atoms with Gasteiger partial charge in [-0.25, -0.2) is 9.59 Å². The zero-order valence-corrected chi connectivity index (χ0v) is 47.5. The van der Waals surface area contributed by atoms with Gasteiger partial charge in [-0.15, -0.1) is 0 Å². The highest BCUT2D eigenvalue weighted by Crippen LogP contribution is 2.38. The molecule has 17 heteroatoms. The van der Waals surface area contributed by atoms with Crippen molar-refractivity contribution in [1.82, 2.24) is 4.90 Å².